The van der Waals surface area contributed by atoms with Crippen molar-refractivity contribution in [3.05, 3.63) is 71.7 Å². The van der Waals surface area contributed by atoms with E-state index in [1.54, 1.807) is 0 Å². The Kier molecular flexibility index (Phi) is 9.98. The van der Waals surface area contributed by atoms with Crippen molar-refractivity contribution in [2.75, 3.05) is 6.54 Å². The van der Waals surface area contributed by atoms with Crippen molar-refractivity contribution in [3.63, 3.8) is 0 Å². The largest absolute Gasteiger partial charge is 0.332 e. The molecule has 0 radical (unpaired) electrons. The van der Waals surface area contributed by atoms with E-state index in [0.717, 1.165) is 54.3 Å². The number of aliphatic imine (C=N–C) groups is 1. The van der Waals surface area contributed by atoms with E-state index in [1.165, 1.54) is 12.1 Å². The second-order valence-corrected chi connectivity index (χ2v) is 8.72. The van der Waals surface area contributed by atoms with E-state index >= 15 is 0 Å². The molecule has 2 aromatic carbocycles. The molecule has 3 aromatic rings. The van der Waals surface area contributed by atoms with Crippen molar-refractivity contribution in [3.8, 4) is 0 Å². The van der Waals surface area contributed by atoms with Gasteiger partial charge in [0.2, 0.25) is 0 Å². The first kappa shape index (κ1) is 25.8. The summed E-state index contributed by atoms with van der Waals surface area (Å²) in [6.07, 6.45) is 5.29. The minimum absolute atomic E-state index is 0.133. The van der Waals surface area contributed by atoms with Gasteiger partial charge >= 0.3 is 0 Å². The first-order valence-electron chi connectivity index (χ1n) is 12.3. The molecule has 1 aromatic heterocycles. The van der Waals surface area contributed by atoms with E-state index in [-0.39, 0.29) is 17.7 Å². The molecule has 0 spiro atoms. The highest BCUT2D eigenvalue weighted by molar-refractivity contribution is 6.01. The quantitative estimate of drug-likeness (QED) is 0.132. The van der Waals surface area contributed by atoms with Crippen LogP contribution in [0.4, 0.5) is 4.39 Å². The summed E-state index contributed by atoms with van der Waals surface area (Å²) in [4.78, 5) is 23.2. The van der Waals surface area contributed by atoms with Crippen LogP contribution in [0.15, 0.2) is 59.6 Å². The molecule has 1 heterocycles. The van der Waals surface area contributed by atoms with Crippen LogP contribution in [-0.2, 0) is 17.8 Å². The highest BCUT2D eigenvalue weighted by Crippen LogP contribution is 2.23. The zero-order valence-electron chi connectivity index (χ0n) is 20.3. The van der Waals surface area contributed by atoms with Crippen LogP contribution in [0, 0.1) is 5.82 Å². The van der Waals surface area contributed by atoms with Gasteiger partial charge in [0.15, 0.2) is 5.78 Å². The molecule has 6 heteroatoms. The number of carbonyl (C=O) groups excluding carboxylic acids is 1. The third kappa shape index (κ3) is 6.84. The molecule has 0 saturated carbocycles. The molecule has 0 saturated heterocycles. The monoisotopic (exact) mass is 465 g/mol. The summed E-state index contributed by atoms with van der Waals surface area (Å²) in [5.41, 5.74) is 3.63. The van der Waals surface area contributed by atoms with Gasteiger partial charge in [-0.2, -0.15) is 0 Å². The predicted molar refractivity (Wildman–Crippen MR) is 137 cm³/mol. The van der Waals surface area contributed by atoms with E-state index in [0.29, 0.717) is 31.6 Å². The zero-order valence-corrected chi connectivity index (χ0v) is 20.3. The summed E-state index contributed by atoms with van der Waals surface area (Å²) in [5, 5.41) is 1.04. The second kappa shape index (κ2) is 13.2. The molecule has 5 nitrogen and oxygen atoms in total. The number of unbranched alkanes of at least 4 members (excludes halogenated alkanes) is 1. The van der Waals surface area contributed by atoms with E-state index in [4.69, 9.17) is 15.7 Å². The van der Waals surface area contributed by atoms with Crippen molar-refractivity contribution in [2.45, 2.75) is 71.4 Å². The van der Waals surface area contributed by atoms with Crippen LogP contribution in [0.3, 0.4) is 0 Å². The molecule has 3 rings (SSSR count). The number of carbonyl (C=O) groups is 1. The fourth-order valence-electron chi connectivity index (χ4n) is 4.22. The number of nitrogens with zero attached hydrogens (tertiary/aromatic N) is 2. The highest BCUT2D eigenvalue weighted by atomic mass is 19.1. The fraction of sp³-hybridized carbons (Fsp3) is 0.429. The van der Waals surface area contributed by atoms with Crippen LogP contribution in [-0.4, -0.2) is 28.7 Å². The Morgan fingerprint density at radius 2 is 1.85 bits per heavy atom. The van der Waals surface area contributed by atoms with Gasteiger partial charge in [-0.25, -0.2) is 10.3 Å². The van der Waals surface area contributed by atoms with Gasteiger partial charge in [-0.3, -0.25) is 14.6 Å². The van der Waals surface area contributed by atoms with Gasteiger partial charge < -0.3 is 4.57 Å². The van der Waals surface area contributed by atoms with Gasteiger partial charge in [0.1, 0.15) is 11.9 Å². The Bertz CT molecular complexity index is 1090. The SMILES string of the molecule is CCCCN=C(Cn1c(C(=O)CCC)cc2ccccc21)C(CCCc1ccc(F)cc1)ON. The number of Topliss-reactive ketones (excluding diaryl/α,β-unsaturated/α-hetero) is 1. The number of para-hydroxylation sites is 1. The van der Waals surface area contributed by atoms with Crippen molar-refractivity contribution in [1.82, 2.24) is 4.57 Å². The lowest BCUT2D eigenvalue weighted by Gasteiger charge is -2.20. The molecule has 0 aliphatic rings. The van der Waals surface area contributed by atoms with Crippen molar-refractivity contribution >= 4 is 22.4 Å². The number of halogens is 1. The lowest BCUT2D eigenvalue weighted by Crippen LogP contribution is -2.32. The maximum Gasteiger partial charge on any atom is 0.179 e. The maximum atomic E-state index is 13.2. The molecule has 0 bridgehead atoms. The molecule has 2 N–H and O–H groups in total. The Hall–Kier alpha value is -2.83. The van der Waals surface area contributed by atoms with Crippen molar-refractivity contribution < 1.29 is 14.0 Å². The summed E-state index contributed by atoms with van der Waals surface area (Å²) < 4.78 is 15.3. The Labute approximate surface area is 201 Å². The average Bonchev–Trinajstić information content (AvgIpc) is 3.21. The third-order valence-corrected chi connectivity index (χ3v) is 6.10. The number of fused-ring (bicyclic) bond motifs is 1. The summed E-state index contributed by atoms with van der Waals surface area (Å²) in [6, 6.07) is 16.6. The van der Waals surface area contributed by atoms with E-state index < -0.39 is 0 Å². The van der Waals surface area contributed by atoms with E-state index in [2.05, 4.69) is 11.5 Å². The van der Waals surface area contributed by atoms with Gasteiger partial charge in [-0.05, 0) is 61.9 Å². The number of ketones is 1. The molecule has 0 fully saturated rings. The van der Waals surface area contributed by atoms with Crippen LogP contribution in [0.2, 0.25) is 0 Å². The Balaban J connectivity index is 1.84. The van der Waals surface area contributed by atoms with Crippen molar-refractivity contribution in [1.29, 1.82) is 0 Å². The maximum absolute atomic E-state index is 13.2. The molecule has 1 unspecified atom stereocenters. The molecule has 34 heavy (non-hydrogen) atoms. The van der Waals surface area contributed by atoms with Crippen LogP contribution >= 0.6 is 0 Å². The smallest absolute Gasteiger partial charge is 0.179 e. The van der Waals surface area contributed by atoms with Crippen molar-refractivity contribution in [2.24, 2.45) is 10.9 Å². The Morgan fingerprint density at radius 1 is 1.09 bits per heavy atom. The standard InChI is InChI=1S/C28H36FN3O2/c1-3-5-18-31-24(28(34-30)13-8-10-21-14-16-23(29)17-15-21)20-32-25-12-7-6-11-22(25)19-26(32)27(33)9-4-2/h6-7,11-12,14-17,19,28H,3-5,8-10,13,18,20,30H2,1-2H3. The summed E-state index contributed by atoms with van der Waals surface area (Å²) in [7, 11) is 0. The van der Waals surface area contributed by atoms with Crippen LogP contribution < -0.4 is 5.90 Å². The topological polar surface area (TPSA) is 69.6 Å². The molecular weight excluding hydrogens is 429 g/mol. The third-order valence-electron chi connectivity index (χ3n) is 6.10. The normalized spacial score (nSPS) is 12.9. The molecule has 1 atom stereocenters. The minimum Gasteiger partial charge on any atom is -0.332 e. The van der Waals surface area contributed by atoms with Crippen LogP contribution in [0.25, 0.3) is 10.9 Å². The second-order valence-electron chi connectivity index (χ2n) is 8.72. The predicted octanol–water partition coefficient (Wildman–Crippen LogP) is 6.29. The number of hydrogen-bond acceptors (Lipinski definition) is 4. The summed E-state index contributed by atoms with van der Waals surface area (Å²) in [6.45, 7) is 5.30. The lowest BCUT2D eigenvalue weighted by atomic mass is 10.0. The van der Waals surface area contributed by atoms with Crippen LogP contribution in [0.1, 0.15) is 68.4 Å². The number of aryl methyl sites for hydroxylation is 1. The Morgan fingerprint density at radius 3 is 2.56 bits per heavy atom. The summed E-state index contributed by atoms with van der Waals surface area (Å²) in [5.74, 6) is 5.66. The highest BCUT2D eigenvalue weighted by Gasteiger charge is 2.21. The van der Waals surface area contributed by atoms with Gasteiger partial charge in [0.25, 0.3) is 0 Å². The molecule has 0 aliphatic heterocycles. The minimum atomic E-state index is -0.354. The first-order chi connectivity index (χ1) is 16.6. The van der Waals surface area contributed by atoms with Crippen LogP contribution in [0.5, 0.6) is 0 Å². The number of hydrogen-bond donors (Lipinski definition) is 1. The summed E-state index contributed by atoms with van der Waals surface area (Å²) >= 11 is 0. The van der Waals surface area contributed by atoms with E-state index in [9.17, 15) is 9.18 Å². The molecule has 0 amide bonds. The van der Waals surface area contributed by atoms with E-state index in [1.807, 2.05) is 49.4 Å². The molecule has 0 aliphatic carbocycles. The molecule has 182 valence electrons. The number of benzene rings is 2. The van der Waals surface area contributed by atoms with Gasteiger partial charge in [-0.1, -0.05) is 50.6 Å². The molecular formula is C28H36FN3O2. The zero-order chi connectivity index (χ0) is 24.3. The number of rotatable bonds is 14. The van der Waals surface area contributed by atoms with Gasteiger partial charge in [0.05, 0.1) is 18.0 Å². The lowest BCUT2D eigenvalue weighted by molar-refractivity contribution is 0.0900. The van der Waals surface area contributed by atoms with Gasteiger partial charge in [-0.15, -0.1) is 0 Å². The van der Waals surface area contributed by atoms with Gasteiger partial charge in [0, 0.05) is 23.9 Å². The fourth-order valence-corrected chi connectivity index (χ4v) is 4.22. The number of nitrogens with two attached hydrogens (primary N) is 1. The average molecular weight is 466 g/mol. The number of aromatic nitrogens is 1. The first-order valence-corrected chi connectivity index (χ1v) is 12.3.